The largest absolute Gasteiger partial charge is 0.354 e. The molecule has 0 rings (SSSR count). The molecule has 3 heteroatoms. The summed E-state index contributed by atoms with van der Waals surface area (Å²) in [5.74, 6) is 0.216. The van der Waals surface area contributed by atoms with E-state index in [-0.39, 0.29) is 5.91 Å². The number of carbonyl (C=O) groups is 1. The van der Waals surface area contributed by atoms with E-state index in [0.29, 0.717) is 12.5 Å². The first kappa shape index (κ1) is 14.9. The first-order valence-electron chi connectivity index (χ1n) is 6.06. The fourth-order valence-electron chi connectivity index (χ4n) is 1.51. The van der Waals surface area contributed by atoms with Crippen LogP contribution < -0.4 is 5.32 Å². The summed E-state index contributed by atoms with van der Waals surface area (Å²) in [6.45, 7) is 4.26. The summed E-state index contributed by atoms with van der Waals surface area (Å²) in [6, 6.07) is 0.321. The van der Waals surface area contributed by atoms with Crippen molar-refractivity contribution in [2.24, 2.45) is 0 Å². The van der Waals surface area contributed by atoms with E-state index in [1.807, 2.05) is 0 Å². The van der Waals surface area contributed by atoms with E-state index in [4.69, 9.17) is 0 Å². The van der Waals surface area contributed by atoms with Gasteiger partial charge < -0.3 is 5.32 Å². The number of amides is 1. The minimum atomic E-state index is 0.216. The van der Waals surface area contributed by atoms with Crippen LogP contribution in [-0.4, -0.2) is 17.3 Å². The van der Waals surface area contributed by atoms with Crippen LogP contribution in [0.1, 0.15) is 58.8 Å². The Labute approximate surface area is 102 Å². The van der Waals surface area contributed by atoms with Crippen molar-refractivity contribution in [1.29, 1.82) is 0 Å². The third-order valence-electron chi connectivity index (χ3n) is 2.44. The lowest BCUT2D eigenvalue weighted by Crippen LogP contribution is -2.32. The molecular formula is C12H24BrNO. The molecule has 0 aliphatic heterocycles. The second-order valence-corrected chi connectivity index (χ2v) is 4.90. The van der Waals surface area contributed by atoms with E-state index < -0.39 is 0 Å². The van der Waals surface area contributed by atoms with Crippen molar-refractivity contribution in [3.05, 3.63) is 0 Å². The van der Waals surface area contributed by atoms with Crippen molar-refractivity contribution in [1.82, 2.24) is 5.32 Å². The van der Waals surface area contributed by atoms with Crippen LogP contribution in [0.15, 0.2) is 0 Å². The Bertz CT molecular complexity index is 162. The fraction of sp³-hybridized carbons (Fsp3) is 0.917. The molecular weight excluding hydrogens is 254 g/mol. The predicted octanol–water partition coefficient (Wildman–Crippen LogP) is 3.64. The summed E-state index contributed by atoms with van der Waals surface area (Å²) >= 11 is 3.39. The van der Waals surface area contributed by atoms with Gasteiger partial charge in [-0.05, 0) is 26.2 Å². The van der Waals surface area contributed by atoms with Crippen molar-refractivity contribution in [3.8, 4) is 0 Å². The monoisotopic (exact) mass is 277 g/mol. The van der Waals surface area contributed by atoms with Crippen LogP contribution in [0.2, 0.25) is 0 Å². The number of unbranched alkanes of at least 4 members (excludes halogenated alkanes) is 3. The van der Waals surface area contributed by atoms with Gasteiger partial charge >= 0.3 is 0 Å². The van der Waals surface area contributed by atoms with Gasteiger partial charge in [-0.15, -0.1) is 0 Å². The Morgan fingerprint density at radius 3 is 2.60 bits per heavy atom. The predicted molar refractivity (Wildman–Crippen MR) is 69.4 cm³/mol. The topological polar surface area (TPSA) is 29.1 Å². The molecule has 0 heterocycles. The Morgan fingerprint density at radius 2 is 2.00 bits per heavy atom. The molecule has 1 unspecified atom stereocenters. The Morgan fingerprint density at radius 1 is 1.27 bits per heavy atom. The molecule has 1 N–H and O–H groups in total. The van der Waals surface area contributed by atoms with Crippen LogP contribution >= 0.6 is 15.9 Å². The Hall–Kier alpha value is -0.0500. The second kappa shape index (κ2) is 10.5. The quantitative estimate of drug-likeness (QED) is 0.506. The number of carbonyl (C=O) groups excluding carboxylic acids is 1. The number of nitrogens with one attached hydrogen (secondary N) is 1. The summed E-state index contributed by atoms with van der Waals surface area (Å²) in [5.41, 5.74) is 0. The summed E-state index contributed by atoms with van der Waals surface area (Å²) in [4.78, 5) is 11.5. The molecule has 0 saturated carbocycles. The maximum Gasteiger partial charge on any atom is 0.220 e. The lowest BCUT2D eigenvalue weighted by atomic mass is 10.1. The molecule has 0 aliphatic rings. The number of hydrogen-bond acceptors (Lipinski definition) is 1. The standard InChI is InChI=1S/C12H24BrNO/c1-3-4-5-6-9-12(15)14-11(2)8-7-10-13/h11H,3-10H2,1-2H3,(H,14,15). The normalized spacial score (nSPS) is 12.5. The molecule has 0 saturated heterocycles. The Kier molecular flexibility index (Phi) is 10.4. The van der Waals surface area contributed by atoms with Crippen molar-refractivity contribution in [2.75, 3.05) is 5.33 Å². The zero-order valence-electron chi connectivity index (χ0n) is 10.0. The molecule has 2 nitrogen and oxygen atoms in total. The molecule has 0 aliphatic carbocycles. The molecule has 0 spiro atoms. The van der Waals surface area contributed by atoms with E-state index in [2.05, 4.69) is 35.1 Å². The van der Waals surface area contributed by atoms with Crippen molar-refractivity contribution < 1.29 is 4.79 Å². The summed E-state index contributed by atoms with van der Waals surface area (Å²) in [6.07, 6.45) is 7.56. The molecule has 0 fully saturated rings. The summed E-state index contributed by atoms with van der Waals surface area (Å²) in [5, 5.41) is 4.05. The molecule has 1 amide bonds. The first-order chi connectivity index (χ1) is 7.20. The number of alkyl halides is 1. The smallest absolute Gasteiger partial charge is 0.220 e. The maximum absolute atomic E-state index is 11.5. The van der Waals surface area contributed by atoms with E-state index in [9.17, 15) is 4.79 Å². The van der Waals surface area contributed by atoms with Gasteiger partial charge in [0, 0.05) is 17.8 Å². The minimum absolute atomic E-state index is 0.216. The molecule has 15 heavy (non-hydrogen) atoms. The van der Waals surface area contributed by atoms with Gasteiger partial charge in [0.05, 0.1) is 0 Å². The van der Waals surface area contributed by atoms with Gasteiger partial charge in [0.15, 0.2) is 0 Å². The zero-order valence-corrected chi connectivity index (χ0v) is 11.6. The third kappa shape index (κ3) is 10.2. The molecule has 0 aromatic heterocycles. The van der Waals surface area contributed by atoms with Crippen molar-refractivity contribution in [3.63, 3.8) is 0 Å². The lowest BCUT2D eigenvalue weighted by Gasteiger charge is -2.12. The van der Waals surface area contributed by atoms with Gasteiger partial charge in [0.2, 0.25) is 5.91 Å². The molecule has 90 valence electrons. The summed E-state index contributed by atoms with van der Waals surface area (Å²) in [7, 11) is 0. The van der Waals surface area contributed by atoms with Crippen LogP contribution in [0.25, 0.3) is 0 Å². The van der Waals surface area contributed by atoms with Crippen LogP contribution in [0, 0.1) is 0 Å². The highest BCUT2D eigenvalue weighted by atomic mass is 79.9. The second-order valence-electron chi connectivity index (χ2n) is 4.11. The number of hydrogen-bond donors (Lipinski definition) is 1. The van der Waals surface area contributed by atoms with Gasteiger partial charge in [-0.1, -0.05) is 42.1 Å². The van der Waals surface area contributed by atoms with Gasteiger partial charge in [-0.2, -0.15) is 0 Å². The van der Waals surface area contributed by atoms with Crippen molar-refractivity contribution >= 4 is 21.8 Å². The average Bonchev–Trinajstić information content (AvgIpc) is 2.21. The minimum Gasteiger partial charge on any atom is -0.354 e. The van der Waals surface area contributed by atoms with Gasteiger partial charge in [0.1, 0.15) is 0 Å². The molecule has 0 aromatic carbocycles. The lowest BCUT2D eigenvalue weighted by molar-refractivity contribution is -0.121. The third-order valence-corrected chi connectivity index (χ3v) is 3.00. The Balaban J connectivity index is 3.38. The number of halogens is 1. The highest BCUT2D eigenvalue weighted by Gasteiger charge is 2.05. The zero-order chi connectivity index (χ0) is 11.5. The van der Waals surface area contributed by atoms with Gasteiger partial charge in [0.25, 0.3) is 0 Å². The highest BCUT2D eigenvalue weighted by Crippen LogP contribution is 2.04. The van der Waals surface area contributed by atoms with Crippen LogP contribution in [0.4, 0.5) is 0 Å². The van der Waals surface area contributed by atoms with Gasteiger partial charge in [-0.25, -0.2) is 0 Å². The van der Waals surface area contributed by atoms with Crippen LogP contribution in [-0.2, 0) is 4.79 Å². The highest BCUT2D eigenvalue weighted by molar-refractivity contribution is 9.09. The van der Waals surface area contributed by atoms with Gasteiger partial charge in [-0.3, -0.25) is 4.79 Å². The van der Waals surface area contributed by atoms with Crippen LogP contribution in [0.3, 0.4) is 0 Å². The fourth-order valence-corrected chi connectivity index (χ4v) is 1.84. The molecule has 0 aromatic rings. The average molecular weight is 278 g/mol. The molecule has 1 atom stereocenters. The number of rotatable bonds is 9. The van der Waals surface area contributed by atoms with Crippen LogP contribution in [0.5, 0.6) is 0 Å². The molecule has 0 radical (unpaired) electrons. The van der Waals surface area contributed by atoms with E-state index in [1.54, 1.807) is 0 Å². The van der Waals surface area contributed by atoms with E-state index in [1.165, 1.54) is 19.3 Å². The summed E-state index contributed by atoms with van der Waals surface area (Å²) < 4.78 is 0. The maximum atomic E-state index is 11.5. The van der Waals surface area contributed by atoms with E-state index in [0.717, 1.165) is 24.6 Å². The van der Waals surface area contributed by atoms with E-state index >= 15 is 0 Å². The first-order valence-corrected chi connectivity index (χ1v) is 7.18. The SMILES string of the molecule is CCCCCCC(=O)NC(C)CCCBr. The van der Waals surface area contributed by atoms with Crippen molar-refractivity contribution in [2.45, 2.75) is 64.8 Å². The molecule has 0 bridgehead atoms.